The van der Waals surface area contributed by atoms with Gasteiger partial charge in [-0.1, -0.05) is 36.4 Å². The molecule has 5 aromatic rings. The fourth-order valence-corrected chi connectivity index (χ4v) is 4.22. The van der Waals surface area contributed by atoms with Crippen LogP contribution in [0.25, 0.3) is 22.2 Å². The Morgan fingerprint density at radius 2 is 1.86 bits per heavy atom. The Hall–Kier alpha value is -4.46. The number of hydrogen-bond donors (Lipinski definition) is 1. The normalized spacial score (nSPS) is 11.1. The Morgan fingerprint density at radius 3 is 2.63 bits per heavy atom. The van der Waals surface area contributed by atoms with E-state index in [1.165, 1.54) is 11.1 Å². The van der Waals surface area contributed by atoms with Crippen molar-refractivity contribution in [3.8, 4) is 16.9 Å². The maximum absolute atomic E-state index is 12.8. The van der Waals surface area contributed by atoms with E-state index in [9.17, 15) is 4.79 Å². The van der Waals surface area contributed by atoms with Crippen molar-refractivity contribution < 1.29 is 9.53 Å². The molecule has 0 fully saturated rings. The van der Waals surface area contributed by atoms with Gasteiger partial charge in [-0.3, -0.25) is 9.48 Å². The van der Waals surface area contributed by atoms with Crippen LogP contribution in [-0.2, 0) is 17.9 Å². The van der Waals surface area contributed by atoms with Gasteiger partial charge in [0.05, 0.1) is 31.2 Å². The quantitative estimate of drug-likeness (QED) is 0.379. The molecular weight excluding hydrogens is 440 g/mol. The summed E-state index contributed by atoms with van der Waals surface area (Å²) in [6.45, 7) is 4.70. The van der Waals surface area contributed by atoms with E-state index in [1.807, 2.05) is 60.3 Å². The third-order valence-electron chi connectivity index (χ3n) is 6.01. The zero-order chi connectivity index (χ0) is 24.4. The lowest BCUT2D eigenvalue weighted by Gasteiger charge is -2.07. The van der Waals surface area contributed by atoms with Crippen molar-refractivity contribution in [2.45, 2.75) is 26.9 Å². The maximum Gasteiger partial charge on any atom is 0.246 e. The molecule has 8 nitrogen and oxygen atoms in total. The second-order valence-electron chi connectivity index (χ2n) is 8.43. The van der Waals surface area contributed by atoms with Gasteiger partial charge in [-0.2, -0.15) is 10.2 Å². The summed E-state index contributed by atoms with van der Waals surface area (Å²) in [6, 6.07) is 18.0. The Morgan fingerprint density at radius 1 is 1.06 bits per heavy atom. The lowest BCUT2D eigenvalue weighted by molar-refractivity contribution is -0.116. The number of anilines is 1. The predicted molar refractivity (Wildman–Crippen MR) is 135 cm³/mol. The average Bonchev–Trinajstić information content (AvgIpc) is 3.44. The third-order valence-corrected chi connectivity index (χ3v) is 6.01. The van der Waals surface area contributed by atoms with Crippen LogP contribution in [-0.4, -0.2) is 37.6 Å². The van der Waals surface area contributed by atoms with Gasteiger partial charge in [0, 0.05) is 17.8 Å². The second-order valence-corrected chi connectivity index (χ2v) is 8.43. The number of pyridine rings is 1. The van der Waals surface area contributed by atoms with Gasteiger partial charge in [0.25, 0.3) is 0 Å². The minimum atomic E-state index is -0.193. The first-order valence-corrected chi connectivity index (χ1v) is 11.3. The van der Waals surface area contributed by atoms with Gasteiger partial charge in [-0.15, -0.1) is 0 Å². The first-order valence-electron chi connectivity index (χ1n) is 11.3. The van der Waals surface area contributed by atoms with E-state index in [1.54, 1.807) is 24.2 Å². The molecule has 5 rings (SSSR count). The number of aryl methyl sites for hydroxylation is 2. The number of carbonyl (C=O) groups excluding carboxylic acids is 1. The van der Waals surface area contributed by atoms with E-state index in [-0.39, 0.29) is 12.5 Å². The number of benzene rings is 2. The van der Waals surface area contributed by atoms with Crippen molar-refractivity contribution in [3.05, 3.63) is 90.0 Å². The predicted octanol–water partition coefficient (Wildman–Crippen LogP) is 4.61. The summed E-state index contributed by atoms with van der Waals surface area (Å²) in [5, 5.41) is 12.8. The van der Waals surface area contributed by atoms with Crippen LogP contribution in [0.5, 0.6) is 5.75 Å². The Bertz CT molecular complexity index is 1500. The van der Waals surface area contributed by atoms with Crippen molar-refractivity contribution in [2.75, 3.05) is 12.4 Å². The SMILES string of the molecule is COc1ccc(-c2ccnc3c2c(C)nn3CC(=O)Nc2cnn(Cc3ccccc3C)c2)cc1. The molecule has 0 saturated carbocycles. The zero-order valence-corrected chi connectivity index (χ0v) is 19.9. The number of fused-ring (bicyclic) bond motifs is 1. The molecule has 0 aliphatic heterocycles. The molecule has 0 saturated heterocycles. The highest BCUT2D eigenvalue weighted by molar-refractivity contribution is 5.96. The summed E-state index contributed by atoms with van der Waals surface area (Å²) in [7, 11) is 1.65. The summed E-state index contributed by atoms with van der Waals surface area (Å²) in [6.07, 6.45) is 5.23. The molecule has 8 heteroatoms. The number of ether oxygens (including phenoxy) is 1. The summed E-state index contributed by atoms with van der Waals surface area (Å²) in [4.78, 5) is 17.4. The smallest absolute Gasteiger partial charge is 0.246 e. The summed E-state index contributed by atoms with van der Waals surface area (Å²) in [5.41, 5.74) is 6.56. The van der Waals surface area contributed by atoms with Crippen LogP contribution in [0.2, 0.25) is 0 Å². The molecule has 0 unspecified atom stereocenters. The molecule has 0 atom stereocenters. The third kappa shape index (κ3) is 4.63. The van der Waals surface area contributed by atoms with Crippen LogP contribution in [0.3, 0.4) is 0 Å². The zero-order valence-electron chi connectivity index (χ0n) is 19.9. The lowest BCUT2D eigenvalue weighted by atomic mass is 10.0. The van der Waals surface area contributed by atoms with Crippen molar-refractivity contribution >= 4 is 22.6 Å². The molecule has 0 spiro atoms. The second kappa shape index (κ2) is 9.42. The van der Waals surface area contributed by atoms with Gasteiger partial charge in [-0.25, -0.2) is 9.67 Å². The highest BCUT2D eigenvalue weighted by Crippen LogP contribution is 2.31. The Labute approximate surface area is 203 Å². The molecule has 1 N–H and O–H groups in total. The van der Waals surface area contributed by atoms with Gasteiger partial charge in [-0.05, 0) is 54.3 Å². The van der Waals surface area contributed by atoms with Crippen LogP contribution >= 0.6 is 0 Å². The highest BCUT2D eigenvalue weighted by atomic mass is 16.5. The minimum Gasteiger partial charge on any atom is -0.497 e. The molecule has 1 amide bonds. The number of amides is 1. The number of nitrogens with one attached hydrogen (secondary N) is 1. The molecule has 0 aliphatic carbocycles. The first-order chi connectivity index (χ1) is 17.0. The van der Waals surface area contributed by atoms with E-state index in [0.29, 0.717) is 17.9 Å². The van der Waals surface area contributed by atoms with Gasteiger partial charge in [0.1, 0.15) is 12.3 Å². The summed E-state index contributed by atoms with van der Waals surface area (Å²) in [5.74, 6) is 0.604. The Balaban J connectivity index is 1.33. The number of nitrogens with zero attached hydrogens (tertiary/aromatic N) is 5. The van der Waals surface area contributed by atoms with Crippen LogP contribution in [0.4, 0.5) is 5.69 Å². The van der Waals surface area contributed by atoms with Gasteiger partial charge >= 0.3 is 0 Å². The molecular formula is C27H26N6O2. The van der Waals surface area contributed by atoms with E-state index in [2.05, 4.69) is 39.6 Å². The van der Waals surface area contributed by atoms with Crippen molar-refractivity contribution in [2.24, 2.45) is 0 Å². The van der Waals surface area contributed by atoms with Gasteiger partial charge in [0.2, 0.25) is 5.91 Å². The molecule has 176 valence electrons. The molecule has 3 aromatic heterocycles. The Kier molecular flexibility index (Phi) is 6.01. The average molecular weight is 467 g/mol. The number of rotatable bonds is 7. The molecule has 0 radical (unpaired) electrons. The first kappa shape index (κ1) is 22.3. The fourth-order valence-electron chi connectivity index (χ4n) is 4.22. The molecule has 0 aliphatic rings. The van der Waals surface area contributed by atoms with E-state index >= 15 is 0 Å². The number of methoxy groups -OCH3 is 1. The summed E-state index contributed by atoms with van der Waals surface area (Å²) >= 11 is 0. The highest BCUT2D eigenvalue weighted by Gasteiger charge is 2.16. The monoisotopic (exact) mass is 466 g/mol. The van der Waals surface area contributed by atoms with Crippen molar-refractivity contribution in [1.29, 1.82) is 0 Å². The number of carbonyl (C=O) groups is 1. The largest absolute Gasteiger partial charge is 0.497 e. The van der Waals surface area contributed by atoms with E-state index < -0.39 is 0 Å². The van der Waals surface area contributed by atoms with E-state index in [0.717, 1.165) is 28.0 Å². The topological polar surface area (TPSA) is 86.9 Å². The minimum absolute atomic E-state index is 0.0480. The van der Waals surface area contributed by atoms with E-state index in [4.69, 9.17) is 4.74 Å². The number of hydrogen-bond acceptors (Lipinski definition) is 5. The van der Waals surface area contributed by atoms with Gasteiger partial charge < -0.3 is 10.1 Å². The molecule has 35 heavy (non-hydrogen) atoms. The number of aromatic nitrogens is 5. The van der Waals surface area contributed by atoms with Gasteiger partial charge in [0.15, 0.2) is 5.65 Å². The van der Waals surface area contributed by atoms with Crippen molar-refractivity contribution in [3.63, 3.8) is 0 Å². The lowest BCUT2D eigenvalue weighted by Crippen LogP contribution is -2.19. The van der Waals surface area contributed by atoms with Crippen LogP contribution in [0, 0.1) is 13.8 Å². The van der Waals surface area contributed by atoms with Crippen LogP contribution in [0.1, 0.15) is 16.8 Å². The molecule has 0 bridgehead atoms. The van der Waals surface area contributed by atoms with Crippen LogP contribution < -0.4 is 10.1 Å². The maximum atomic E-state index is 12.8. The summed E-state index contributed by atoms with van der Waals surface area (Å²) < 4.78 is 8.73. The fraction of sp³-hybridized carbons (Fsp3) is 0.185. The van der Waals surface area contributed by atoms with Crippen LogP contribution in [0.15, 0.2) is 73.2 Å². The molecule has 3 heterocycles. The van der Waals surface area contributed by atoms with Crippen molar-refractivity contribution in [1.82, 2.24) is 24.5 Å². The standard InChI is InChI=1S/C27H26N6O2/c1-18-6-4-5-7-21(18)15-32-16-22(14-29-32)30-25(34)17-33-27-26(19(2)31-33)24(12-13-28-27)20-8-10-23(35-3)11-9-20/h4-14,16H,15,17H2,1-3H3,(H,30,34). The molecule has 2 aromatic carbocycles.